The molecule has 2 amide bonds. The molecule has 0 aliphatic carbocycles. The number of furan rings is 1. The number of aryl methyl sites for hydroxylation is 1. The van der Waals surface area contributed by atoms with Gasteiger partial charge in [0.2, 0.25) is 0 Å². The molecule has 0 radical (unpaired) electrons. The summed E-state index contributed by atoms with van der Waals surface area (Å²) in [5.41, 5.74) is 2.90. The lowest BCUT2D eigenvalue weighted by atomic mass is 10.0. The number of H-pyrrole nitrogens is 1. The summed E-state index contributed by atoms with van der Waals surface area (Å²) in [7, 11) is 0. The molecule has 0 unspecified atom stereocenters. The van der Waals surface area contributed by atoms with Gasteiger partial charge in [-0.3, -0.25) is 9.59 Å². The number of carbonyl (C=O) groups is 2. The zero-order valence-electron chi connectivity index (χ0n) is 14.9. The van der Waals surface area contributed by atoms with Crippen molar-refractivity contribution in [2.45, 2.75) is 25.8 Å². The van der Waals surface area contributed by atoms with Gasteiger partial charge in [-0.25, -0.2) is 0 Å². The van der Waals surface area contributed by atoms with Crippen LogP contribution in [0.15, 0.2) is 41.2 Å². The Hall–Kier alpha value is -2.73. The van der Waals surface area contributed by atoms with Gasteiger partial charge in [0.25, 0.3) is 11.8 Å². The van der Waals surface area contributed by atoms with Crippen molar-refractivity contribution in [2.75, 3.05) is 13.1 Å². The molecular weight excluding hydrogens is 366 g/mol. The second-order valence-corrected chi connectivity index (χ2v) is 7.30. The van der Waals surface area contributed by atoms with Crippen LogP contribution in [0, 0.1) is 6.92 Å². The molecule has 1 aliphatic rings. The van der Waals surface area contributed by atoms with Crippen molar-refractivity contribution >= 4 is 34.3 Å². The van der Waals surface area contributed by atoms with E-state index < -0.39 is 0 Å². The molecule has 7 heteroatoms. The molecule has 3 heterocycles. The number of nitrogens with zero attached hydrogens (tertiary/aromatic N) is 1. The van der Waals surface area contributed by atoms with Gasteiger partial charge in [-0.2, -0.15) is 0 Å². The first-order chi connectivity index (χ1) is 13.0. The molecule has 2 aromatic heterocycles. The lowest BCUT2D eigenvalue weighted by Crippen LogP contribution is -2.46. The van der Waals surface area contributed by atoms with Crippen molar-refractivity contribution in [2.24, 2.45) is 0 Å². The summed E-state index contributed by atoms with van der Waals surface area (Å²) in [6, 6.07) is 7.19. The average molecular weight is 386 g/mol. The Kier molecular flexibility index (Phi) is 4.66. The minimum absolute atomic E-state index is 0.0318. The third kappa shape index (κ3) is 3.45. The molecule has 1 aromatic carbocycles. The highest BCUT2D eigenvalue weighted by molar-refractivity contribution is 6.31. The first-order valence-electron chi connectivity index (χ1n) is 8.93. The van der Waals surface area contributed by atoms with Crippen molar-refractivity contribution in [3.63, 3.8) is 0 Å². The molecular formula is C20H20ClN3O3. The molecule has 27 heavy (non-hydrogen) atoms. The van der Waals surface area contributed by atoms with Gasteiger partial charge >= 0.3 is 0 Å². The highest BCUT2D eigenvalue weighted by Crippen LogP contribution is 2.26. The van der Waals surface area contributed by atoms with E-state index in [1.165, 1.54) is 12.5 Å². The Labute approximate surface area is 161 Å². The maximum atomic E-state index is 12.9. The van der Waals surface area contributed by atoms with Crippen LogP contribution < -0.4 is 5.32 Å². The molecule has 0 spiro atoms. The Morgan fingerprint density at radius 3 is 2.74 bits per heavy atom. The maximum absolute atomic E-state index is 12.9. The topological polar surface area (TPSA) is 78.3 Å². The van der Waals surface area contributed by atoms with Crippen LogP contribution in [0.2, 0.25) is 5.02 Å². The Morgan fingerprint density at radius 1 is 1.26 bits per heavy atom. The molecule has 6 nitrogen and oxygen atoms in total. The van der Waals surface area contributed by atoms with Gasteiger partial charge in [0, 0.05) is 40.8 Å². The minimum atomic E-state index is -0.111. The van der Waals surface area contributed by atoms with Crippen molar-refractivity contribution in [3.05, 3.63) is 58.6 Å². The molecule has 1 saturated heterocycles. The molecule has 0 atom stereocenters. The zero-order chi connectivity index (χ0) is 19.0. The predicted octanol–water partition coefficient (Wildman–Crippen LogP) is 3.76. The van der Waals surface area contributed by atoms with Gasteiger partial charge in [0.15, 0.2) is 0 Å². The van der Waals surface area contributed by atoms with Gasteiger partial charge in [-0.1, -0.05) is 11.6 Å². The number of rotatable bonds is 3. The van der Waals surface area contributed by atoms with Gasteiger partial charge in [0.05, 0.1) is 17.4 Å². The smallest absolute Gasteiger partial charge is 0.257 e. The van der Waals surface area contributed by atoms with Crippen LogP contribution in [0.3, 0.4) is 0 Å². The lowest BCUT2D eigenvalue weighted by molar-refractivity contribution is 0.0697. The second-order valence-electron chi connectivity index (χ2n) is 6.87. The minimum Gasteiger partial charge on any atom is -0.472 e. The number of amides is 2. The van der Waals surface area contributed by atoms with E-state index in [2.05, 4.69) is 10.3 Å². The van der Waals surface area contributed by atoms with E-state index in [9.17, 15) is 9.59 Å². The van der Waals surface area contributed by atoms with Gasteiger partial charge < -0.3 is 19.6 Å². The standard InChI is InChI=1S/C20H20ClN3O3/c1-12-18(16-10-14(21)2-3-17(16)22-12)19(25)23-15-4-7-24(8-5-15)20(26)13-6-9-27-11-13/h2-3,6,9-11,15,22H,4-5,7-8H2,1H3,(H,23,25). The van der Waals surface area contributed by atoms with Crippen molar-refractivity contribution in [1.82, 2.24) is 15.2 Å². The molecule has 2 N–H and O–H groups in total. The van der Waals surface area contributed by atoms with Crippen LogP contribution in [-0.4, -0.2) is 40.8 Å². The SMILES string of the molecule is Cc1[nH]c2ccc(Cl)cc2c1C(=O)NC1CCN(C(=O)c2ccoc2)CC1. The molecule has 4 rings (SSSR count). The fraction of sp³-hybridized carbons (Fsp3) is 0.300. The first kappa shape index (κ1) is 17.7. The van der Waals surface area contributed by atoms with E-state index in [0.29, 0.717) is 29.2 Å². The number of likely N-dealkylation sites (tertiary alicyclic amines) is 1. The van der Waals surface area contributed by atoms with Crippen LogP contribution in [0.25, 0.3) is 10.9 Å². The Morgan fingerprint density at radius 2 is 2.04 bits per heavy atom. The summed E-state index contributed by atoms with van der Waals surface area (Å²) < 4.78 is 4.98. The van der Waals surface area contributed by atoms with Crippen LogP contribution in [-0.2, 0) is 0 Å². The largest absolute Gasteiger partial charge is 0.472 e. The number of nitrogens with one attached hydrogen (secondary N) is 2. The monoisotopic (exact) mass is 385 g/mol. The van der Waals surface area contributed by atoms with Crippen molar-refractivity contribution < 1.29 is 14.0 Å². The quantitative estimate of drug-likeness (QED) is 0.720. The van der Waals surface area contributed by atoms with Crippen LogP contribution in [0.5, 0.6) is 0 Å². The number of aromatic amines is 1. The fourth-order valence-corrected chi connectivity index (χ4v) is 3.82. The average Bonchev–Trinajstić information content (AvgIpc) is 3.29. The van der Waals surface area contributed by atoms with E-state index in [0.717, 1.165) is 29.4 Å². The van der Waals surface area contributed by atoms with E-state index in [1.807, 2.05) is 19.1 Å². The van der Waals surface area contributed by atoms with E-state index >= 15 is 0 Å². The third-order valence-electron chi connectivity index (χ3n) is 5.06. The summed E-state index contributed by atoms with van der Waals surface area (Å²) in [5, 5.41) is 4.53. The summed E-state index contributed by atoms with van der Waals surface area (Å²) in [5.74, 6) is -0.142. The maximum Gasteiger partial charge on any atom is 0.257 e. The summed E-state index contributed by atoms with van der Waals surface area (Å²) in [6.07, 6.45) is 4.39. The third-order valence-corrected chi connectivity index (χ3v) is 5.30. The number of carbonyl (C=O) groups excluding carboxylic acids is 2. The highest BCUT2D eigenvalue weighted by Gasteiger charge is 2.26. The summed E-state index contributed by atoms with van der Waals surface area (Å²) in [6.45, 7) is 3.09. The Bertz CT molecular complexity index is 985. The fourth-order valence-electron chi connectivity index (χ4n) is 3.64. The van der Waals surface area contributed by atoms with Gasteiger partial charge in [0.1, 0.15) is 6.26 Å². The lowest BCUT2D eigenvalue weighted by Gasteiger charge is -2.32. The number of halogens is 1. The molecule has 1 fully saturated rings. The summed E-state index contributed by atoms with van der Waals surface area (Å²) >= 11 is 6.09. The zero-order valence-corrected chi connectivity index (χ0v) is 15.7. The Balaban J connectivity index is 1.42. The normalized spacial score (nSPS) is 15.3. The number of benzene rings is 1. The molecule has 3 aromatic rings. The molecule has 140 valence electrons. The van der Waals surface area contributed by atoms with Crippen LogP contribution in [0.1, 0.15) is 39.3 Å². The first-order valence-corrected chi connectivity index (χ1v) is 9.31. The predicted molar refractivity (Wildman–Crippen MR) is 103 cm³/mol. The molecule has 1 aliphatic heterocycles. The number of hydrogen-bond donors (Lipinski definition) is 2. The van der Waals surface area contributed by atoms with E-state index in [1.54, 1.807) is 17.0 Å². The van der Waals surface area contributed by atoms with Crippen molar-refractivity contribution in [1.29, 1.82) is 0 Å². The number of aromatic nitrogens is 1. The number of hydrogen-bond acceptors (Lipinski definition) is 3. The van der Waals surface area contributed by atoms with Crippen molar-refractivity contribution in [3.8, 4) is 0 Å². The van der Waals surface area contributed by atoms with Gasteiger partial charge in [-0.15, -0.1) is 0 Å². The van der Waals surface area contributed by atoms with E-state index in [-0.39, 0.29) is 17.9 Å². The molecule has 0 bridgehead atoms. The van der Waals surface area contributed by atoms with E-state index in [4.69, 9.17) is 16.0 Å². The van der Waals surface area contributed by atoms with Crippen LogP contribution in [0.4, 0.5) is 0 Å². The highest BCUT2D eigenvalue weighted by atomic mass is 35.5. The van der Waals surface area contributed by atoms with Gasteiger partial charge in [-0.05, 0) is 44.0 Å². The number of fused-ring (bicyclic) bond motifs is 1. The van der Waals surface area contributed by atoms with Crippen LogP contribution >= 0.6 is 11.6 Å². The molecule has 0 saturated carbocycles. The number of piperidine rings is 1. The second kappa shape index (κ2) is 7.12. The summed E-state index contributed by atoms with van der Waals surface area (Å²) in [4.78, 5) is 30.2.